The van der Waals surface area contributed by atoms with Crippen molar-refractivity contribution >= 4 is 11.9 Å². The summed E-state index contributed by atoms with van der Waals surface area (Å²) in [5.41, 5.74) is 0.684. The Balaban J connectivity index is 1.76. The van der Waals surface area contributed by atoms with Crippen LogP contribution in [0.15, 0.2) is 24.5 Å². The summed E-state index contributed by atoms with van der Waals surface area (Å²) in [6, 6.07) is 3.36. The summed E-state index contributed by atoms with van der Waals surface area (Å²) >= 11 is 0. The van der Waals surface area contributed by atoms with Crippen LogP contribution in [0.2, 0.25) is 0 Å². The number of carbonyl (C=O) groups excluding carboxylic acids is 2. The molecule has 0 aliphatic carbocycles. The molecule has 1 saturated heterocycles. The first kappa shape index (κ1) is 15.3. The van der Waals surface area contributed by atoms with E-state index in [1.807, 2.05) is 11.8 Å². The first-order chi connectivity index (χ1) is 10.2. The molecule has 1 aromatic rings. The number of nitrogens with zero attached hydrogens (tertiary/aromatic N) is 2. The molecule has 0 radical (unpaired) electrons. The lowest BCUT2D eigenvalue weighted by Gasteiger charge is -2.32. The molecule has 1 aromatic heterocycles. The zero-order valence-electron chi connectivity index (χ0n) is 12.3. The van der Waals surface area contributed by atoms with Gasteiger partial charge in [0.05, 0.1) is 0 Å². The van der Waals surface area contributed by atoms with E-state index in [9.17, 15) is 9.59 Å². The van der Waals surface area contributed by atoms with Gasteiger partial charge in [-0.05, 0) is 37.8 Å². The number of amides is 3. The predicted molar refractivity (Wildman–Crippen MR) is 79.9 cm³/mol. The summed E-state index contributed by atoms with van der Waals surface area (Å²) in [6.07, 6.45) is 5.11. The molecule has 6 heteroatoms. The zero-order valence-corrected chi connectivity index (χ0v) is 12.3. The van der Waals surface area contributed by atoms with Crippen LogP contribution in [0.5, 0.6) is 0 Å². The van der Waals surface area contributed by atoms with Gasteiger partial charge >= 0.3 is 6.03 Å². The molecule has 2 heterocycles. The third-order valence-corrected chi connectivity index (χ3v) is 3.72. The summed E-state index contributed by atoms with van der Waals surface area (Å²) in [5.74, 6) is 0.502. The van der Waals surface area contributed by atoms with Crippen LogP contribution in [-0.2, 0) is 0 Å². The molecule has 0 atom stereocenters. The Labute approximate surface area is 124 Å². The van der Waals surface area contributed by atoms with Gasteiger partial charge in [0.25, 0.3) is 5.91 Å². The lowest BCUT2D eigenvalue weighted by atomic mass is 9.96. The van der Waals surface area contributed by atoms with Crippen LogP contribution >= 0.6 is 0 Å². The minimum Gasteiger partial charge on any atom is -0.339 e. The zero-order chi connectivity index (χ0) is 15.1. The van der Waals surface area contributed by atoms with Crippen molar-refractivity contribution in [3.05, 3.63) is 30.1 Å². The van der Waals surface area contributed by atoms with Crippen molar-refractivity contribution in [1.82, 2.24) is 20.5 Å². The number of likely N-dealkylation sites (tertiary alicyclic amines) is 1. The van der Waals surface area contributed by atoms with Gasteiger partial charge in [0, 0.05) is 44.1 Å². The van der Waals surface area contributed by atoms with Gasteiger partial charge in [-0.2, -0.15) is 0 Å². The first-order valence-corrected chi connectivity index (χ1v) is 7.41. The Morgan fingerprint density at radius 2 is 1.90 bits per heavy atom. The summed E-state index contributed by atoms with van der Waals surface area (Å²) in [6.45, 7) is 4.67. The van der Waals surface area contributed by atoms with Gasteiger partial charge in [0.15, 0.2) is 0 Å². The van der Waals surface area contributed by atoms with E-state index in [0.29, 0.717) is 24.6 Å². The fourth-order valence-electron chi connectivity index (χ4n) is 2.48. The van der Waals surface area contributed by atoms with Crippen LogP contribution < -0.4 is 10.6 Å². The Bertz CT molecular complexity index is 470. The van der Waals surface area contributed by atoms with Crippen LogP contribution in [0, 0.1) is 5.92 Å². The minimum absolute atomic E-state index is 0.0625. The van der Waals surface area contributed by atoms with E-state index in [1.165, 1.54) is 0 Å². The number of hydrogen-bond acceptors (Lipinski definition) is 3. The Morgan fingerprint density at radius 3 is 2.52 bits per heavy atom. The van der Waals surface area contributed by atoms with E-state index in [-0.39, 0.29) is 11.9 Å². The standard InChI is InChI=1S/C15H22N4O2/c1-2-17-15(21)18-11-12-5-9-19(10-6-12)14(20)13-3-7-16-8-4-13/h3-4,7-8,12H,2,5-6,9-11H2,1H3,(H2,17,18,21). The molecule has 2 N–H and O–H groups in total. The summed E-state index contributed by atoms with van der Waals surface area (Å²) < 4.78 is 0. The number of carbonyl (C=O) groups is 2. The number of nitrogens with one attached hydrogen (secondary N) is 2. The highest BCUT2D eigenvalue weighted by atomic mass is 16.2. The van der Waals surface area contributed by atoms with E-state index < -0.39 is 0 Å². The third-order valence-electron chi connectivity index (χ3n) is 3.72. The summed E-state index contributed by atoms with van der Waals surface area (Å²) in [7, 11) is 0. The molecule has 0 spiro atoms. The number of pyridine rings is 1. The second-order valence-electron chi connectivity index (χ2n) is 5.21. The molecule has 0 bridgehead atoms. The van der Waals surface area contributed by atoms with Crippen molar-refractivity contribution in [1.29, 1.82) is 0 Å². The average Bonchev–Trinajstić information content (AvgIpc) is 2.54. The summed E-state index contributed by atoms with van der Waals surface area (Å²) in [5, 5.41) is 5.58. The van der Waals surface area contributed by atoms with Crippen LogP contribution in [-0.4, -0.2) is 48.0 Å². The maximum absolute atomic E-state index is 12.3. The number of aromatic nitrogens is 1. The van der Waals surface area contributed by atoms with E-state index in [0.717, 1.165) is 25.9 Å². The molecule has 1 fully saturated rings. The highest BCUT2D eigenvalue weighted by Gasteiger charge is 2.23. The molecule has 3 amide bonds. The van der Waals surface area contributed by atoms with Crippen molar-refractivity contribution in [2.45, 2.75) is 19.8 Å². The molecule has 2 rings (SSSR count). The Hall–Kier alpha value is -2.11. The van der Waals surface area contributed by atoms with Gasteiger partial charge in [0.1, 0.15) is 0 Å². The monoisotopic (exact) mass is 290 g/mol. The Morgan fingerprint density at radius 1 is 1.24 bits per heavy atom. The quantitative estimate of drug-likeness (QED) is 0.876. The van der Waals surface area contributed by atoms with E-state index in [2.05, 4.69) is 15.6 Å². The smallest absolute Gasteiger partial charge is 0.314 e. The van der Waals surface area contributed by atoms with Gasteiger partial charge in [0.2, 0.25) is 0 Å². The predicted octanol–water partition coefficient (Wildman–Crippen LogP) is 1.25. The van der Waals surface area contributed by atoms with Crippen molar-refractivity contribution in [3.8, 4) is 0 Å². The molecule has 114 valence electrons. The molecular weight excluding hydrogens is 268 g/mol. The van der Waals surface area contributed by atoms with Gasteiger partial charge in [-0.3, -0.25) is 9.78 Å². The lowest BCUT2D eigenvalue weighted by Crippen LogP contribution is -2.43. The van der Waals surface area contributed by atoms with Crippen molar-refractivity contribution < 1.29 is 9.59 Å². The third kappa shape index (κ3) is 4.44. The number of rotatable bonds is 4. The second kappa shape index (κ2) is 7.61. The van der Waals surface area contributed by atoms with E-state index in [1.54, 1.807) is 24.5 Å². The molecule has 0 aromatic carbocycles. The molecular formula is C15H22N4O2. The molecule has 1 aliphatic rings. The van der Waals surface area contributed by atoms with Gasteiger partial charge in [-0.1, -0.05) is 0 Å². The van der Waals surface area contributed by atoms with Crippen molar-refractivity contribution in [2.24, 2.45) is 5.92 Å². The average molecular weight is 290 g/mol. The summed E-state index contributed by atoms with van der Waals surface area (Å²) in [4.78, 5) is 29.4. The maximum Gasteiger partial charge on any atom is 0.314 e. The van der Waals surface area contributed by atoms with E-state index >= 15 is 0 Å². The van der Waals surface area contributed by atoms with Crippen LogP contribution in [0.1, 0.15) is 30.1 Å². The normalized spacial score (nSPS) is 15.6. The molecule has 1 aliphatic heterocycles. The second-order valence-corrected chi connectivity index (χ2v) is 5.21. The van der Waals surface area contributed by atoms with E-state index in [4.69, 9.17) is 0 Å². The first-order valence-electron chi connectivity index (χ1n) is 7.41. The fourth-order valence-corrected chi connectivity index (χ4v) is 2.48. The minimum atomic E-state index is -0.118. The highest BCUT2D eigenvalue weighted by molar-refractivity contribution is 5.94. The largest absolute Gasteiger partial charge is 0.339 e. The van der Waals surface area contributed by atoms with Gasteiger partial charge in [-0.15, -0.1) is 0 Å². The Kier molecular flexibility index (Phi) is 5.54. The fraction of sp³-hybridized carbons (Fsp3) is 0.533. The highest BCUT2D eigenvalue weighted by Crippen LogP contribution is 2.18. The van der Waals surface area contributed by atoms with Gasteiger partial charge in [-0.25, -0.2) is 4.79 Å². The maximum atomic E-state index is 12.3. The number of hydrogen-bond donors (Lipinski definition) is 2. The molecule has 6 nitrogen and oxygen atoms in total. The molecule has 0 unspecified atom stereocenters. The lowest BCUT2D eigenvalue weighted by molar-refractivity contribution is 0.0690. The molecule has 21 heavy (non-hydrogen) atoms. The SMILES string of the molecule is CCNC(=O)NCC1CCN(C(=O)c2ccncc2)CC1. The molecule has 0 saturated carbocycles. The van der Waals surface area contributed by atoms with Crippen molar-refractivity contribution in [2.75, 3.05) is 26.2 Å². The number of urea groups is 1. The number of piperidine rings is 1. The van der Waals surface area contributed by atoms with Crippen LogP contribution in [0.4, 0.5) is 4.79 Å². The van der Waals surface area contributed by atoms with Crippen molar-refractivity contribution in [3.63, 3.8) is 0 Å². The topological polar surface area (TPSA) is 74.3 Å². The van der Waals surface area contributed by atoms with Gasteiger partial charge < -0.3 is 15.5 Å². The van der Waals surface area contributed by atoms with Crippen LogP contribution in [0.25, 0.3) is 0 Å². The van der Waals surface area contributed by atoms with Crippen LogP contribution in [0.3, 0.4) is 0 Å².